The third kappa shape index (κ3) is 7.62. The van der Waals surface area contributed by atoms with E-state index in [0.29, 0.717) is 26.4 Å². The van der Waals surface area contributed by atoms with Gasteiger partial charge in [-0.05, 0) is 47.9 Å². The highest BCUT2D eigenvalue weighted by Crippen LogP contribution is 2.43. The lowest BCUT2D eigenvalue weighted by molar-refractivity contribution is 0.0972. The average molecular weight is 475 g/mol. The van der Waals surface area contributed by atoms with Crippen molar-refractivity contribution in [3.8, 4) is 32.4 Å². The van der Waals surface area contributed by atoms with Crippen LogP contribution in [0.2, 0.25) is 0 Å². The number of hydrogen-bond donors (Lipinski definition) is 0. The van der Waals surface area contributed by atoms with E-state index in [4.69, 9.17) is 18.9 Å². The quantitative estimate of drug-likeness (QED) is 0.201. The Morgan fingerprint density at radius 3 is 1.47 bits per heavy atom. The number of thiophene rings is 2. The van der Waals surface area contributed by atoms with Crippen molar-refractivity contribution in [1.82, 2.24) is 0 Å². The maximum Gasteiger partial charge on any atom is 0.128 e. The summed E-state index contributed by atoms with van der Waals surface area (Å²) in [6.45, 7) is 8.13. The van der Waals surface area contributed by atoms with Crippen LogP contribution in [-0.4, -0.2) is 39.6 Å². The van der Waals surface area contributed by atoms with Crippen LogP contribution in [0, 0.1) is 0 Å². The number of ether oxygens (including phenoxy) is 4. The van der Waals surface area contributed by atoms with Crippen LogP contribution in [0.25, 0.3) is 20.9 Å². The summed E-state index contributed by atoms with van der Waals surface area (Å²) in [5, 5.41) is 4.17. The predicted octanol–water partition coefficient (Wildman–Crippen LogP) is 7.53. The zero-order valence-corrected chi connectivity index (χ0v) is 20.8. The maximum absolute atomic E-state index is 6.21. The molecule has 0 amide bonds. The standard InChI is InChI=1S/C26H34O4S2/c1-3-5-11-27-13-15-29-23-19-22(26-10-8-18-32-26)24(30-16-14-28-12-6-4-2)20-21(23)25-9-7-17-31-25/h7-10,17-20H,3-6,11-16H2,1-2H3. The Morgan fingerprint density at radius 1 is 0.625 bits per heavy atom. The maximum atomic E-state index is 6.21. The van der Waals surface area contributed by atoms with Gasteiger partial charge in [-0.2, -0.15) is 0 Å². The van der Waals surface area contributed by atoms with Gasteiger partial charge in [0.15, 0.2) is 0 Å². The van der Waals surface area contributed by atoms with E-state index in [1.165, 1.54) is 0 Å². The molecule has 0 aliphatic rings. The van der Waals surface area contributed by atoms with Crippen LogP contribution in [-0.2, 0) is 9.47 Å². The highest BCUT2D eigenvalue weighted by molar-refractivity contribution is 7.14. The summed E-state index contributed by atoms with van der Waals surface area (Å²) in [6.07, 6.45) is 4.44. The molecule has 0 N–H and O–H groups in total. The first kappa shape index (κ1) is 24.8. The van der Waals surface area contributed by atoms with Gasteiger partial charge in [-0.25, -0.2) is 0 Å². The van der Waals surface area contributed by atoms with Crippen LogP contribution < -0.4 is 9.47 Å². The fourth-order valence-corrected chi connectivity index (χ4v) is 4.66. The zero-order chi connectivity index (χ0) is 22.4. The van der Waals surface area contributed by atoms with Gasteiger partial charge < -0.3 is 18.9 Å². The molecule has 174 valence electrons. The minimum atomic E-state index is 0.525. The molecule has 0 atom stereocenters. The van der Waals surface area contributed by atoms with E-state index < -0.39 is 0 Å². The first-order chi connectivity index (χ1) is 15.8. The summed E-state index contributed by atoms with van der Waals surface area (Å²) in [4.78, 5) is 2.32. The van der Waals surface area contributed by atoms with E-state index in [1.54, 1.807) is 22.7 Å². The first-order valence-electron chi connectivity index (χ1n) is 11.5. The zero-order valence-electron chi connectivity index (χ0n) is 19.1. The lowest BCUT2D eigenvalue weighted by Crippen LogP contribution is -2.09. The number of hydrogen-bond acceptors (Lipinski definition) is 6. The van der Waals surface area contributed by atoms with E-state index in [2.05, 4.69) is 61.0 Å². The Bertz CT molecular complexity index is 802. The molecule has 0 radical (unpaired) electrons. The normalized spacial score (nSPS) is 11.1. The number of benzene rings is 1. The van der Waals surface area contributed by atoms with Gasteiger partial charge in [0, 0.05) is 34.1 Å². The van der Waals surface area contributed by atoms with Gasteiger partial charge >= 0.3 is 0 Å². The Hall–Kier alpha value is -1.86. The van der Waals surface area contributed by atoms with Crippen LogP contribution in [0.5, 0.6) is 11.5 Å². The molecule has 6 heteroatoms. The number of unbranched alkanes of at least 4 members (excludes halogenated alkanes) is 2. The van der Waals surface area contributed by atoms with Gasteiger partial charge in [0.2, 0.25) is 0 Å². The molecule has 0 bridgehead atoms. The molecule has 0 aliphatic heterocycles. The van der Waals surface area contributed by atoms with Crippen molar-refractivity contribution in [3.63, 3.8) is 0 Å². The Kier molecular flexibility index (Phi) is 11.1. The van der Waals surface area contributed by atoms with Crippen molar-refractivity contribution in [2.24, 2.45) is 0 Å². The van der Waals surface area contributed by atoms with Crippen LogP contribution in [0.15, 0.2) is 47.2 Å². The fourth-order valence-electron chi connectivity index (χ4n) is 3.17. The largest absolute Gasteiger partial charge is 0.490 e. The van der Waals surface area contributed by atoms with Crippen LogP contribution in [0.4, 0.5) is 0 Å². The summed E-state index contributed by atoms with van der Waals surface area (Å²) < 4.78 is 23.8. The second kappa shape index (κ2) is 14.3. The third-order valence-corrected chi connectivity index (χ3v) is 6.72. The molecule has 3 rings (SSSR count). The van der Waals surface area contributed by atoms with Crippen molar-refractivity contribution < 1.29 is 18.9 Å². The fraction of sp³-hybridized carbons (Fsp3) is 0.462. The molecule has 0 aliphatic carbocycles. The van der Waals surface area contributed by atoms with Crippen molar-refractivity contribution in [3.05, 3.63) is 47.2 Å². The molecule has 4 nitrogen and oxygen atoms in total. The molecule has 0 saturated carbocycles. The summed E-state index contributed by atoms with van der Waals surface area (Å²) >= 11 is 3.40. The van der Waals surface area contributed by atoms with Crippen molar-refractivity contribution in [2.75, 3.05) is 39.6 Å². The minimum Gasteiger partial charge on any atom is -0.490 e. The van der Waals surface area contributed by atoms with E-state index in [1.807, 2.05) is 0 Å². The van der Waals surface area contributed by atoms with Gasteiger partial charge in [-0.15, -0.1) is 22.7 Å². The average Bonchev–Trinajstić information content (AvgIpc) is 3.53. The van der Waals surface area contributed by atoms with Gasteiger partial charge in [0.1, 0.15) is 24.7 Å². The van der Waals surface area contributed by atoms with Gasteiger partial charge in [-0.1, -0.05) is 38.8 Å². The highest BCUT2D eigenvalue weighted by atomic mass is 32.1. The van der Waals surface area contributed by atoms with E-state index >= 15 is 0 Å². The first-order valence-corrected chi connectivity index (χ1v) is 13.3. The second-order valence-electron chi connectivity index (χ2n) is 7.43. The van der Waals surface area contributed by atoms with E-state index in [9.17, 15) is 0 Å². The van der Waals surface area contributed by atoms with Crippen LogP contribution in [0.3, 0.4) is 0 Å². The lowest BCUT2D eigenvalue weighted by atomic mass is 10.1. The summed E-state index contributed by atoms with van der Waals surface area (Å²) in [5.74, 6) is 1.72. The molecule has 0 fully saturated rings. The molecular weight excluding hydrogens is 440 g/mol. The summed E-state index contributed by atoms with van der Waals surface area (Å²) in [6, 6.07) is 12.6. The van der Waals surface area contributed by atoms with Crippen molar-refractivity contribution in [1.29, 1.82) is 0 Å². The van der Waals surface area contributed by atoms with E-state index in [0.717, 1.165) is 71.3 Å². The van der Waals surface area contributed by atoms with Crippen molar-refractivity contribution >= 4 is 22.7 Å². The second-order valence-corrected chi connectivity index (χ2v) is 9.32. The molecule has 3 aromatic rings. The molecule has 0 unspecified atom stereocenters. The number of rotatable bonds is 16. The summed E-state index contributed by atoms with van der Waals surface area (Å²) in [5.41, 5.74) is 2.10. The van der Waals surface area contributed by atoms with Crippen molar-refractivity contribution in [2.45, 2.75) is 39.5 Å². The van der Waals surface area contributed by atoms with Gasteiger partial charge in [-0.3, -0.25) is 0 Å². The lowest BCUT2D eigenvalue weighted by Gasteiger charge is -2.17. The molecule has 2 heterocycles. The SMILES string of the molecule is CCCCOCCOc1cc(-c2cccs2)c(OCCOCCCC)cc1-c1cccs1. The minimum absolute atomic E-state index is 0.525. The summed E-state index contributed by atoms with van der Waals surface area (Å²) in [7, 11) is 0. The van der Waals surface area contributed by atoms with Gasteiger partial charge in [0.25, 0.3) is 0 Å². The Morgan fingerprint density at radius 2 is 1.09 bits per heavy atom. The molecule has 1 aromatic carbocycles. The third-order valence-electron chi connectivity index (χ3n) is 4.91. The van der Waals surface area contributed by atoms with Crippen LogP contribution in [0.1, 0.15) is 39.5 Å². The van der Waals surface area contributed by atoms with Crippen LogP contribution >= 0.6 is 22.7 Å². The van der Waals surface area contributed by atoms with Gasteiger partial charge in [0.05, 0.1) is 13.2 Å². The smallest absolute Gasteiger partial charge is 0.128 e. The monoisotopic (exact) mass is 474 g/mol. The topological polar surface area (TPSA) is 36.9 Å². The molecule has 0 saturated heterocycles. The molecule has 2 aromatic heterocycles. The molecule has 0 spiro atoms. The Balaban J connectivity index is 1.78. The highest BCUT2D eigenvalue weighted by Gasteiger charge is 2.17. The Labute approximate surface area is 200 Å². The predicted molar refractivity (Wildman–Crippen MR) is 136 cm³/mol. The van der Waals surface area contributed by atoms with E-state index in [-0.39, 0.29) is 0 Å². The molecule has 32 heavy (non-hydrogen) atoms. The molecular formula is C26H34O4S2.